The molecule has 1 amide bonds. The van der Waals surface area contributed by atoms with Crippen LogP contribution in [0.25, 0.3) is 0 Å². The average Bonchev–Trinajstić information content (AvgIpc) is 2.79. The normalized spacial score (nSPS) is 28.9. The van der Waals surface area contributed by atoms with Crippen molar-refractivity contribution in [3.8, 4) is 0 Å². The highest BCUT2D eigenvalue weighted by Gasteiger charge is 2.36. The summed E-state index contributed by atoms with van der Waals surface area (Å²) in [6, 6.07) is 0. The fourth-order valence-electron chi connectivity index (χ4n) is 2.81. The van der Waals surface area contributed by atoms with Crippen LogP contribution in [0.15, 0.2) is 0 Å². The predicted octanol–water partition coefficient (Wildman–Crippen LogP) is 0.407. The summed E-state index contributed by atoms with van der Waals surface area (Å²) in [5.41, 5.74) is -0.311. The number of piperidine rings is 1. The fourth-order valence-corrected chi connectivity index (χ4v) is 2.81. The molecule has 3 N–H and O–H groups in total. The molecule has 1 atom stereocenters. The van der Waals surface area contributed by atoms with E-state index >= 15 is 0 Å². The second-order valence-electron chi connectivity index (χ2n) is 5.18. The average molecular weight is 226 g/mol. The lowest BCUT2D eigenvalue weighted by Gasteiger charge is -2.31. The van der Waals surface area contributed by atoms with Gasteiger partial charge in [0.25, 0.3) is 0 Å². The summed E-state index contributed by atoms with van der Waals surface area (Å²) in [6.07, 6.45) is 6.13. The number of carbonyl (C=O) groups is 1. The van der Waals surface area contributed by atoms with Crippen molar-refractivity contribution in [3.63, 3.8) is 0 Å². The minimum Gasteiger partial charge on any atom is -0.394 e. The molecular formula is C12H22N2O2. The van der Waals surface area contributed by atoms with Crippen LogP contribution in [-0.4, -0.2) is 36.2 Å². The van der Waals surface area contributed by atoms with Crippen molar-refractivity contribution in [1.82, 2.24) is 10.6 Å². The first kappa shape index (κ1) is 11.9. The highest BCUT2D eigenvalue weighted by Crippen LogP contribution is 2.29. The molecule has 2 aliphatic rings. The van der Waals surface area contributed by atoms with Crippen LogP contribution in [0, 0.1) is 5.92 Å². The molecular weight excluding hydrogens is 204 g/mol. The third-order valence-corrected chi connectivity index (χ3v) is 3.92. The maximum atomic E-state index is 12.1. The molecule has 2 rings (SSSR count). The van der Waals surface area contributed by atoms with Gasteiger partial charge in [-0.05, 0) is 32.2 Å². The van der Waals surface area contributed by atoms with Crippen LogP contribution < -0.4 is 10.6 Å². The van der Waals surface area contributed by atoms with Gasteiger partial charge >= 0.3 is 0 Å². The number of amides is 1. The highest BCUT2D eigenvalue weighted by molar-refractivity contribution is 5.79. The monoisotopic (exact) mass is 226 g/mol. The van der Waals surface area contributed by atoms with Crippen molar-refractivity contribution in [3.05, 3.63) is 0 Å². The first-order valence-corrected chi connectivity index (χ1v) is 6.39. The molecule has 1 heterocycles. The Balaban J connectivity index is 1.89. The SMILES string of the molecule is O=C(NC1(CO)CCCC1)[C@@H]1CCCNC1. The Hall–Kier alpha value is -0.610. The molecule has 0 radical (unpaired) electrons. The molecule has 1 aliphatic carbocycles. The molecule has 4 heteroatoms. The van der Waals surface area contributed by atoms with Crippen LogP contribution in [0.2, 0.25) is 0 Å². The predicted molar refractivity (Wildman–Crippen MR) is 62.0 cm³/mol. The molecule has 2 fully saturated rings. The molecule has 1 aliphatic heterocycles. The van der Waals surface area contributed by atoms with Crippen molar-refractivity contribution < 1.29 is 9.90 Å². The Morgan fingerprint density at radius 3 is 2.69 bits per heavy atom. The summed E-state index contributed by atoms with van der Waals surface area (Å²) in [4.78, 5) is 12.1. The van der Waals surface area contributed by atoms with Gasteiger partial charge in [-0.25, -0.2) is 0 Å². The third kappa shape index (κ3) is 2.55. The molecule has 1 saturated carbocycles. The van der Waals surface area contributed by atoms with E-state index in [1.54, 1.807) is 0 Å². The molecule has 0 unspecified atom stereocenters. The van der Waals surface area contributed by atoms with E-state index in [1.807, 2.05) is 0 Å². The first-order valence-electron chi connectivity index (χ1n) is 6.39. The number of aliphatic hydroxyl groups excluding tert-OH is 1. The van der Waals surface area contributed by atoms with Crippen molar-refractivity contribution in [1.29, 1.82) is 0 Å². The Bertz CT molecular complexity index is 243. The Labute approximate surface area is 96.8 Å². The van der Waals surface area contributed by atoms with E-state index in [1.165, 1.54) is 0 Å². The molecule has 16 heavy (non-hydrogen) atoms. The van der Waals surface area contributed by atoms with Crippen LogP contribution in [0.4, 0.5) is 0 Å². The van der Waals surface area contributed by atoms with Crippen molar-refractivity contribution >= 4 is 5.91 Å². The largest absolute Gasteiger partial charge is 0.394 e. The van der Waals surface area contributed by atoms with Crippen molar-refractivity contribution in [2.24, 2.45) is 5.92 Å². The van der Waals surface area contributed by atoms with Gasteiger partial charge in [0.2, 0.25) is 5.91 Å². The van der Waals surface area contributed by atoms with Gasteiger partial charge in [-0.15, -0.1) is 0 Å². The van der Waals surface area contributed by atoms with E-state index in [2.05, 4.69) is 10.6 Å². The first-order chi connectivity index (χ1) is 7.76. The van der Waals surface area contributed by atoms with E-state index in [0.29, 0.717) is 0 Å². The van der Waals surface area contributed by atoms with Gasteiger partial charge in [0.1, 0.15) is 0 Å². The lowest BCUT2D eigenvalue weighted by Crippen LogP contribution is -2.53. The third-order valence-electron chi connectivity index (χ3n) is 3.92. The number of rotatable bonds is 3. The van der Waals surface area contributed by atoms with Crippen LogP contribution in [-0.2, 0) is 4.79 Å². The molecule has 0 aromatic rings. The Morgan fingerprint density at radius 1 is 1.38 bits per heavy atom. The van der Waals surface area contributed by atoms with E-state index in [9.17, 15) is 9.90 Å². The van der Waals surface area contributed by atoms with Crippen molar-refractivity contribution in [2.75, 3.05) is 19.7 Å². The van der Waals surface area contributed by atoms with Crippen LogP contribution in [0.3, 0.4) is 0 Å². The van der Waals surface area contributed by atoms with Crippen molar-refractivity contribution in [2.45, 2.75) is 44.1 Å². The number of aliphatic hydroxyl groups is 1. The summed E-state index contributed by atoms with van der Waals surface area (Å²) in [5, 5.41) is 15.8. The van der Waals surface area contributed by atoms with Gasteiger partial charge in [0.15, 0.2) is 0 Å². The van der Waals surface area contributed by atoms with Gasteiger partial charge in [0, 0.05) is 6.54 Å². The molecule has 1 saturated heterocycles. The summed E-state index contributed by atoms with van der Waals surface area (Å²) < 4.78 is 0. The van der Waals surface area contributed by atoms with E-state index in [4.69, 9.17) is 0 Å². The number of carbonyl (C=O) groups excluding carboxylic acids is 1. The highest BCUT2D eigenvalue weighted by atomic mass is 16.3. The number of nitrogens with one attached hydrogen (secondary N) is 2. The summed E-state index contributed by atoms with van der Waals surface area (Å²) in [6.45, 7) is 1.89. The van der Waals surface area contributed by atoms with Gasteiger partial charge in [-0.2, -0.15) is 0 Å². The zero-order chi connectivity index (χ0) is 11.4. The quantitative estimate of drug-likeness (QED) is 0.653. The number of hydrogen-bond acceptors (Lipinski definition) is 3. The molecule has 0 aromatic carbocycles. The number of hydrogen-bond donors (Lipinski definition) is 3. The second-order valence-corrected chi connectivity index (χ2v) is 5.18. The minimum absolute atomic E-state index is 0.0822. The fraction of sp³-hybridized carbons (Fsp3) is 0.917. The second kappa shape index (κ2) is 5.15. The van der Waals surface area contributed by atoms with Gasteiger partial charge in [0.05, 0.1) is 18.1 Å². The summed E-state index contributed by atoms with van der Waals surface area (Å²) >= 11 is 0. The Kier molecular flexibility index (Phi) is 3.82. The molecule has 0 spiro atoms. The summed E-state index contributed by atoms with van der Waals surface area (Å²) in [7, 11) is 0. The van der Waals surface area contributed by atoms with Crippen LogP contribution >= 0.6 is 0 Å². The van der Waals surface area contributed by atoms with E-state index < -0.39 is 0 Å². The lowest BCUT2D eigenvalue weighted by atomic mass is 9.94. The zero-order valence-electron chi connectivity index (χ0n) is 9.80. The van der Waals surface area contributed by atoms with Gasteiger partial charge < -0.3 is 15.7 Å². The maximum absolute atomic E-state index is 12.1. The maximum Gasteiger partial charge on any atom is 0.224 e. The molecule has 92 valence electrons. The van der Waals surface area contributed by atoms with E-state index in [-0.39, 0.29) is 24.0 Å². The van der Waals surface area contributed by atoms with Gasteiger partial charge in [-0.1, -0.05) is 12.8 Å². The molecule has 0 aromatic heterocycles. The van der Waals surface area contributed by atoms with Crippen LogP contribution in [0.5, 0.6) is 0 Å². The zero-order valence-corrected chi connectivity index (χ0v) is 9.80. The molecule has 0 bridgehead atoms. The minimum atomic E-state index is -0.311. The smallest absolute Gasteiger partial charge is 0.224 e. The summed E-state index contributed by atoms with van der Waals surface area (Å²) in [5.74, 6) is 0.223. The van der Waals surface area contributed by atoms with Gasteiger partial charge in [-0.3, -0.25) is 4.79 Å². The van der Waals surface area contributed by atoms with Crippen LogP contribution in [0.1, 0.15) is 38.5 Å². The standard InChI is InChI=1S/C12H22N2O2/c15-9-12(5-1-2-6-12)14-11(16)10-4-3-7-13-8-10/h10,13,15H,1-9H2,(H,14,16)/t10-/m1/s1. The topological polar surface area (TPSA) is 61.4 Å². The lowest BCUT2D eigenvalue weighted by molar-refractivity contribution is -0.128. The molecule has 4 nitrogen and oxygen atoms in total. The Morgan fingerprint density at radius 2 is 2.12 bits per heavy atom. The van der Waals surface area contributed by atoms with E-state index in [0.717, 1.165) is 51.6 Å².